The fourth-order valence-electron chi connectivity index (χ4n) is 4.13. The van der Waals surface area contributed by atoms with E-state index in [4.69, 9.17) is 4.74 Å². The number of para-hydroxylation sites is 2. The van der Waals surface area contributed by atoms with Gasteiger partial charge in [0.1, 0.15) is 5.75 Å². The van der Waals surface area contributed by atoms with Crippen molar-refractivity contribution in [2.75, 3.05) is 31.1 Å². The summed E-state index contributed by atoms with van der Waals surface area (Å²) < 4.78 is 5.94. The third-order valence-electron chi connectivity index (χ3n) is 5.72. The third kappa shape index (κ3) is 3.97. The van der Waals surface area contributed by atoms with Crippen molar-refractivity contribution in [3.63, 3.8) is 0 Å². The Kier molecular flexibility index (Phi) is 5.51. The van der Waals surface area contributed by atoms with Gasteiger partial charge in [0.25, 0.3) is 5.91 Å². The van der Waals surface area contributed by atoms with Gasteiger partial charge in [-0.3, -0.25) is 24.1 Å². The van der Waals surface area contributed by atoms with Gasteiger partial charge in [0.2, 0.25) is 17.7 Å². The van der Waals surface area contributed by atoms with Crippen LogP contribution in [0.25, 0.3) is 0 Å². The highest BCUT2D eigenvalue weighted by Crippen LogP contribution is 2.34. The second-order valence-corrected chi connectivity index (χ2v) is 7.65. The number of imide groups is 1. The van der Waals surface area contributed by atoms with Crippen LogP contribution in [0, 0.1) is 0 Å². The Bertz CT molecular complexity index is 817. The number of rotatable bonds is 4. The zero-order chi connectivity index (χ0) is 20.4. The molecule has 0 saturated carbocycles. The minimum atomic E-state index is -0.748. The third-order valence-corrected chi connectivity index (χ3v) is 5.72. The summed E-state index contributed by atoms with van der Waals surface area (Å²) in [6.45, 7) is 1.63. The lowest BCUT2D eigenvalue weighted by molar-refractivity contribution is -0.140. The first-order valence-corrected chi connectivity index (χ1v) is 10.2. The van der Waals surface area contributed by atoms with E-state index in [-0.39, 0.29) is 56.0 Å². The molecule has 0 unspecified atom stereocenters. The molecule has 0 aliphatic carbocycles. The molecule has 1 aromatic rings. The molecule has 0 radical (unpaired) electrons. The number of carbonyl (C=O) groups is 4. The number of anilines is 1. The average molecular weight is 399 g/mol. The van der Waals surface area contributed by atoms with Crippen molar-refractivity contribution in [1.29, 1.82) is 0 Å². The standard InChI is InChI=1S/C21H25N3O5/c25-18-8-9-19(26)23(18)13-10-20(27)24-14-17(21(28)22-11-4-1-5-12-22)29-16-7-3-2-6-15(16)24/h2-3,6-7,17H,1,4-5,8-14H2/t17-/m0/s1. The smallest absolute Gasteiger partial charge is 0.265 e. The quantitative estimate of drug-likeness (QED) is 0.713. The lowest BCUT2D eigenvalue weighted by Crippen LogP contribution is -2.53. The Morgan fingerprint density at radius 3 is 2.41 bits per heavy atom. The number of fused-ring (bicyclic) bond motifs is 1. The molecule has 0 spiro atoms. The van der Waals surface area contributed by atoms with Gasteiger partial charge < -0.3 is 14.5 Å². The lowest BCUT2D eigenvalue weighted by Gasteiger charge is -2.37. The number of likely N-dealkylation sites (tertiary alicyclic amines) is 2. The second kappa shape index (κ2) is 8.23. The van der Waals surface area contributed by atoms with Crippen molar-refractivity contribution >= 4 is 29.3 Å². The van der Waals surface area contributed by atoms with Crippen LogP contribution in [0.3, 0.4) is 0 Å². The summed E-state index contributed by atoms with van der Waals surface area (Å²) in [4.78, 5) is 54.0. The largest absolute Gasteiger partial charge is 0.476 e. The highest BCUT2D eigenvalue weighted by Gasteiger charge is 2.37. The number of nitrogens with zero attached hydrogens (tertiary/aromatic N) is 3. The highest BCUT2D eigenvalue weighted by molar-refractivity contribution is 6.03. The van der Waals surface area contributed by atoms with Crippen molar-refractivity contribution in [2.24, 2.45) is 0 Å². The number of carbonyl (C=O) groups excluding carboxylic acids is 4. The average Bonchev–Trinajstić information content (AvgIpc) is 3.08. The predicted octanol–water partition coefficient (Wildman–Crippen LogP) is 1.33. The van der Waals surface area contributed by atoms with E-state index in [1.165, 1.54) is 0 Å². The van der Waals surface area contributed by atoms with Gasteiger partial charge in [0, 0.05) is 38.9 Å². The highest BCUT2D eigenvalue weighted by atomic mass is 16.5. The summed E-state index contributed by atoms with van der Waals surface area (Å²) in [5.41, 5.74) is 0.610. The summed E-state index contributed by atoms with van der Waals surface area (Å²) in [5, 5.41) is 0. The molecule has 3 heterocycles. The maximum atomic E-state index is 13.0. The molecule has 0 bridgehead atoms. The molecular formula is C21H25N3O5. The number of piperidine rings is 1. The first-order chi connectivity index (χ1) is 14.0. The number of hydrogen-bond acceptors (Lipinski definition) is 5. The van der Waals surface area contributed by atoms with Gasteiger partial charge in [-0.2, -0.15) is 0 Å². The molecule has 4 amide bonds. The maximum Gasteiger partial charge on any atom is 0.265 e. The van der Waals surface area contributed by atoms with E-state index in [2.05, 4.69) is 0 Å². The number of benzene rings is 1. The van der Waals surface area contributed by atoms with E-state index >= 15 is 0 Å². The van der Waals surface area contributed by atoms with E-state index in [1.807, 2.05) is 11.0 Å². The second-order valence-electron chi connectivity index (χ2n) is 7.65. The van der Waals surface area contributed by atoms with E-state index in [1.54, 1.807) is 23.1 Å². The van der Waals surface area contributed by atoms with E-state index < -0.39 is 6.10 Å². The minimum absolute atomic E-state index is 0.0242. The first-order valence-electron chi connectivity index (χ1n) is 10.2. The molecule has 0 N–H and O–H groups in total. The molecule has 154 valence electrons. The topological polar surface area (TPSA) is 87.2 Å². The molecule has 2 fully saturated rings. The van der Waals surface area contributed by atoms with Crippen LogP contribution in [0.15, 0.2) is 24.3 Å². The van der Waals surface area contributed by atoms with Crippen LogP contribution in [0.2, 0.25) is 0 Å². The molecule has 1 atom stereocenters. The van der Waals surface area contributed by atoms with Crippen LogP contribution in [-0.4, -0.2) is 65.7 Å². The van der Waals surface area contributed by atoms with Crippen LogP contribution in [0.1, 0.15) is 38.5 Å². The van der Waals surface area contributed by atoms with Crippen molar-refractivity contribution in [3.8, 4) is 5.75 Å². The Labute approximate surface area is 169 Å². The first kappa shape index (κ1) is 19.4. The Hall–Kier alpha value is -2.90. The normalized spacial score (nSPS) is 21.8. The van der Waals surface area contributed by atoms with Crippen LogP contribution in [-0.2, 0) is 19.2 Å². The molecular weight excluding hydrogens is 374 g/mol. The van der Waals surface area contributed by atoms with Gasteiger partial charge >= 0.3 is 0 Å². The Balaban J connectivity index is 1.48. The molecule has 3 aliphatic heterocycles. The Morgan fingerprint density at radius 1 is 1.00 bits per heavy atom. The maximum absolute atomic E-state index is 13.0. The van der Waals surface area contributed by atoms with Gasteiger partial charge in [-0.1, -0.05) is 12.1 Å². The number of ether oxygens (including phenoxy) is 1. The van der Waals surface area contributed by atoms with Crippen LogP contribution >= 0.6 is 0 Å². The molecule has 0 aromatic heterocycles. The number of amides is 4. The van der Waals surface area contributed by atoms with E-state index in [0.29, 0.717) is 24.5 Å². The SMILES string of the molecule is O=C([C@@H]1CN(C(=O)CCN2C(=O)CCC2=O)c2ccccc2O1)N1CCCCC1. The van der Waals surface area contributed by atoms with Gasteiger partial charge in [0.05, 0.1) is 12.2 Å². The molecule has 8 heteroatoms. The molecule has 3 aliphatic rings. The summed E-state index contributed by atoms with van der Waals surface area (Å²) >= 11 is 0. The van der Waals surface area contributed by atoms with Gasteiger partial charge in [0.15, 0.2) is 6.10 Å². The lowest BCUT2D eigenvalue weighted by atomic mass is 10.1. The van der Waals surface area contributed by atoms with Gasteiger partial charge in [-0.15, -0.1) is 0 Å². The van der Waals surface area contributed by atoms with Crippen LogP contribution in [0.4, 0.5) is 5.69 Å². The van der Waals surface area contributed by atoms with Crippen molar-refractivity contribution in [2.45, 2.75) is 44.6 Å². The Morgan fingerprint density at radius 2 is 1.69 bits per heavy atom. The monoisotopic (exact) mass is 399 g/mol. The number of hydrogen-bond donors (Lipinski definition) is 0. The van der Waals surface area contributed by atoms with Crippen molar-refractivity contribution in [1.82, 2.24) is 9.80 Å². The fraction of sp³-hybridized carbons (Fsp3) is 0.524. The van der Waals surface area contributed by atoms with E-state index in [0.717, 1.165) is 24.2 Å². The summed E-state index contributed by atoms with van der Waals surface area (Å²) in [6.07, 6.45) is 2.78. The summed E-state index contributed by atoms with van der Waals surface area (Å²) in [6, 6.07) is 7.14. The van der Waals surface area contributed by atoms with Crippen molar-refractivity contribution < 1.29 is 23.9 Å². The van der Waals surface area contributed by atoms with E-state index in [9.17, 15) is 19.2 Å². The zero-order valence-corrected chi connectivity index (χ0v) is 16.3. The van der Waals surface area contributed by atoms with Gasteiger partial charge in [-0.05, 0) is 31.4 Å². The van der Waals surface area contributed by atoms with Crippen LogP contribution < -0.4 is 9.64 Å². The zero-order valence-electron chi connectivity index (χ0n) is 16.3. The molecule has 2 saturated heterocycles. The molecule has 1 aromatic carbocycles. The van der Waals surface area contributed by atoms with Gasteiger partial charge in [-0.25, -0.2) is 0 Å². The summed E-state index contributed by atoms with van der Waals surface area (Å²) in [7, 11) is 0. The summed E-state index contributed by atoms with van der Waals surface area (Å²) in [5.74, 6) is -0.297. The van der Waals surface area contributed by atoms with Crippen molar-refractivity contribution in [3.05, 3.63) is 24.3 Å². The fourth-order valence-corrected chi connectivity index (χ4v) is 4.13. The molecule has 8 nitrogen and oxygen atoms in total. The molecule has 4 rings (SSSR count). The van der Waals surface area contributed by atoms with Crippen LogP contribution in [0.5, 0.6) is 5.75 Å². The minimum Gasteiger partial charge on any atom is -0.476 e. The predicted molar refractivity (Wildman–Crippen MR) is 104 cm³/mol. The molecule has 29 heavy (non-hydrogen) atoms.